The molecule has 0 saturated heterocycles. The number of hydrogen-bond acceptors (Lipinski definition) is 0. The Morgan fingerprint density at radius 1 is 1.31 bits per heavy atom. The lowest BCUT2D eigenvalue weighted by Gasteiger charge is -2.04. The molecule has 0 nitrogen and oxygen atoms in total. The molecule has 0 aromatic carbocycles. The van der Waals surface area contributed by atoms with Crippen molar-refractivity contribution in [3.8, 4) is 0 Å². The fraction of sp³-hybridized carbons (Fsp3) is 0.333. The van der Waals surface area contributed by atoms with E-state index < -0.39 is 0 Å². The van der Waals surface area contributed by atoms with E-state index >= 15 is 0 Å². The van der Waals surface area contributed by atoms with E-state index in [0.29, 0.717) is 11.5 Å². The molecule has 1 aliphatic rings. The molecule has 0 aliphatic heterocycles. The van der Waals surface area contributed by atoms with E-state index in [4.69, 9.17) is 0 Å². The van der Waals surface area contributed by atoms with Crippen LogP contribution in [0.2, 0.25) is 0 Å². The van der Waals surface area contributed by atoms with Crippen molar-refractivity contribution in [1.29, 1.82) is 0 Å². The monoisotopic (exact) mass is 178 g/mol. The van der Waals surface area contributed by atoms with Gasteiger partial charge < -0.3 is 0 Å². The number of halogens is 1. The normalized spacial score (nSPS) is 17.9. The summed E-state index contributed by atoms with van der Waals surface area (Å²) >= 11 is 0. The van der Waals surface area contributed by atoms with Gasteiger partial charge in [-0.15, -0.1) is 0 Å². The third-order valence-electron chi connectivity index (χ3n) is 2.25. The van der Waals surface area contributed by atoms with Crippen molar-refractivity contribution in [2.24, 2.45) is 5.92 Å². The second-order valence-electron chi connectivity index (χ2n) is 3.64. The van der Waals surface area contributed by atoms with Crippen molar-refractivity contribution < 1.29 is 4.39 Å². The maximum absolute atomic E-state index is 13.4. The second-order valence-corrected chi connectivity index (χ2v) is 3.64. The summed E-state index contributed by atoms with van der Waals surface area (Å²) in [5.74, 6) is 0.131. The van der Waals surface area contributed by atoms with Gasteiger partial charge in [0.2, 0.25) is 0 Å². The quantitative estimate of drug-likeness (QED) is 0.570. The number of allylic oxidation sites excluding steroid dienone is 7. The van der Waals surface area contributed by atoms with E-state index in [2.05, 4.69) is 6.58 Å². The van der Waals surface area contributed by atoms with Gasteiger partial charge in [0.05, 0.1) is 0 Å². The minimum atomic E-state index is -0.216. The molecule has 0 heterocycles. The van der Waals surface area contributed by atoms with Crippen molar-refractivity contribution >= 4 is 0 Å². The molecular weight excluding hydrogens is 163 g/mol. The topological polar surface area (TPSA) is 0 Å². The van der Waals surface area contributed by atoms with E-state index in [1.807, 2.05) is 32.9 Å². The van der Waals surface area contributed by atoms with Gasteiger partial charge in [0.15, 0.2) is 0 Å². The molecular formula is C12H15F. The highest BCUT2D eigenvalue weighted by atomic mass is 19.1. The van der Waals surface area contributed by atoms with Crippen LogP contribution >= 0.6 is 0 Å². The van der Waals surface area contributed by atoms with Crippen molar-refractivity contribution in [2.45, 2.75) is 20.8 Å². The average Bonchev–Trinajstić information content (AvgIpc) is 2.19. The summed E-state index contributed by atoms with van der Waals surface area (Å²) in [6, 6.07) is 0. The Kier molecular flexibility index (Phi) is 2.86. The Morgan fingerprint density at radius 3 is 2.46 bits per heavy atom. The first kappa shape index (κ1) is 9.97. The predicted octanol–water partition coefficient (Wildman–Crippen LogP) is 3.94. The van der Waals surface area contributed by atoms with Crippen molar-refractivity contribution in [3.63, 3.8) is 0 Å². The largest absolute Gasteiger partial charge is 0.206 e. The van der Waals surface area contributed by atoms with E-state index in [1.165, 1.54) is 0 Å². The Hall–Kier alpha value is -1.11. The van der Waals surface area contributed by atoms with Crippen LogP contribution in [0, 0.1) is 5.92 Å². The minimum absolute atomic E-state index is 0.216. The maximum atomic E-state index is 13.4. The molecule has 0 saturated carbocycles. The van der Waals surface area contributed by atoms with Crippen LogP contribution in [0.4, 0.5) is 4.39 Å². The van der Waals surface area contributed by atoms with Crippen LogP contribution in [0.3, 0.4) is 0 Å². The van der Waals surface area contributed by atoms with Gasteiger partial charge in [-0.05, 0) is 30.1 Å². The molecule has 0 aromatic rings. The van der Waals surface area contributed by atoms with E-state index in [-0.39, 0.29) is 5.83 Å². The Bertz CT molecular complexity index is 314. The van der Waals surface area contributed by atoms with Crippen molar-refractivity contribution in [3.05, 3.63) is 47.4 Å². The molecule has 1 heteroatoms. The average molecular weight is 178 g/mol. The Morgan fingerprint density at radius 2 is 1.92 bits per heavy atom. The highest BCUT2D eigenvalue weighted by Gasteiger charge is 2.09. The van der Waals surface area contributed by atoms with Gasteiger partial charge in [-0.1, -0.05) is 32.6 Å². The highest BCUT2D eigenvalue weighted by Crippen LogP contribution is 2.26. The summed E-state index contributed by atoms with van der Waals surface area (Å²) < 4.78 is 13.4. The molecule has 1 rings (SSSR count). The summed E-state index contributed by atoms with van der Waals surface area (Å²) in [5.41, 5.74) is 2.40. The third kappa shape index (κ3) is 2.18. The van der Waals surface area contributed by atoms with Crippen molar-refractivity contribution in [2.75, 3.05) is 0 Å². The predicted molar refractivity (Wildman–Crippen MR) is 55.0 cm³/mol. The van der Waals surface area contributed by atoms with Crippen LogP contribution < -0.4 is 0 Å². The molecule has 0 amide bonds. The minimum Gasteiger partial charge on any atom is -0.206 e. The summed E-state index contributed by atoms with van der Waals surface area (Å²) in [6.07, 6.45) is 5.44. The van der Waals surface area contributed by atoms with E-state index in [0.717, 1.165) is 11.1 Å². The molecule has 1 aliphatic carbocycles. The lowest BCUT2D eigenvalue weighted by atomic mass is 10.0. The summed E-state index contributed by atoms with van der Waals surface area (Å²) in [5, 5.41) is 0. The van der Waals surface area contributed by atoms with Crippen LogP contribution in [-0.2, 0) is 0 Å². The zero-order valence-corrected chi connectivity index (χ0v) is 8.39. The third-order valence-corrected chi connectivity index (χ3v) is 2.25. The van der Waals surface area contributed by atoms with Gasteiger partial charge in [-0.2, -0.15) is 0 Å². The van der Waals surface area contributed by atoms with E-state index in [1.54, 1.807) is 6.08 Å². The first-order chi connectivity index (χ1) is 6.02. The van der Waals surface area contributed by atoms with Crippen LogP contribution in [0.25, 0.3) is 0 Å². The van der Waals surface area contributed by atoms with Gasteiger partial charge in [-0.3, -0.25) is 0 Å². The fourth-order valence-corrected chi connectivity index (χ4v) is 1.15. The molecule has 0 N–H and O–H groups in total. The zero-order valence-electron chi connectivity index (χ0n) is 8.39. The fourth-order valence-electron chi connectivity index (χ4n) is 1.15. The van der Waals surface area contributed by atoms with Crippen LogP contribution in [0.1, 0.15) is 20.8 Å². The molecule has 0 aromatic heterocycles. The van der Waals surface area contributed by atoms with Gasteiger partial charge in [0.25, 0.3) is 0 Å². The van der Waals surface area contributed by atoms with Crippen LogP contribution in [0.15, 0.2) is 47.4 Å². The molecule has 0 fully saturated rings. The lowest BCUT2D eigenvalue weighted by Crippen LogP contribution is -1.90. The zero-order chi connectivity index (χ0) is 10.0. The first-order valence-corrected chi connectivity index (χ1v) is 4.47. The number of hydrogen-bond donors (Lipinski definition) is 0. The van der Waals surface area contributed by atoms with Gasteiger partial charge >= 0.3 is 0 Å². The molecule has 0 spiro atoms. The molecule has 0 atom stereocenters. The molecule has 0 radical (unpaired) electrons. The van der Waals surface area contributed by atoms with Crippen LogP contribution in [-0.4, -0.2) is 0 Å². The molecule has 0 unspecified atom stereocenters. The van der Waals surface area contributed by atoms with Gasteiger partial charge in [-0.25, -0.2) is 4.39 Å². The van der Waals surface area contributed by atoms with Gasteiger partial charge in [0, 0.05) is 5.57 Å². The Labute approximate surface area is 79.2 Å². The van der Waals surface area contributed by atoms with Gasteiger partial charge in [0.1, 0.15) is 5.83 Å². The van der Waals surface area contributed by atoms with Crippen LogP contribution in [0.5, 0.6) is 0 Å². The summed E-state index contributed by atoms with van der Waals surface area (Å²) in [4.78, 5) is 0. The standard InChI is InChI=1S/C12H15F/c1-8(2)11-6-5-9(3)10(4)12(13)7-11/h5-8H,4H2,1-3H3. The smallest absolute Gasteiger partial charge is 0.130 e. The maximum Gasteiger partial charge on any atom is 0.130 e. The molecule has 13 heavy (non-hydrogen) atoms. The SMILES string of the molecule is C=C1C(C)=CC=C(C(C)C)C=C1F. The summed E-state index contributed by atoms with van der Waals surface area (Å²) in [6.45, 7) is 9.65. The van der Waals surface area contributed by atoms with Crippen molar-refractivity contribution in [1.82, 2.24) is 0 Å². The summed E-state index contributed by atoms with van der Waals surface area (Å²) in [7, 11) is 0. The number of rotatable bonds is 1. The molecule has 70 valence electrons. The first-order valence-electron chi connectivity index (χ1n) is 4.47. The van der Waals surface area contributed by atoms with E-state index in [9.17, 15) is 4.39 Å². The lowest BCUT2D eigenvalue weighted by molar-refractivity contribution is 0.649. The molecule has 0 bridgehead atoms. The second kappa shape index (κ2) is 3.73. The Balaban J connectivity index is 3.11. The highest BCUT2D eigenvalue weighted by molar-refractivity contribution is 5.48.